The summed E-state index contributed by atoms with van der Waals surface area (Å²) in [6.45, 7) is 1.55. The van der Waals surface area contributed by atoms with Crippen LogP contribution in [-0.4, -0.2) is 12.1 Å². The Kier molecular flexibility index (Phi) is 3.68. The number of Topliss-reactive ketones (excluding diaryl/α,β-unsaturated/α-hetero) is 1. The average Bonchev–Trinajstić information content (AvgIpc) is 2.64. The fraction of sp³-hybridized carbons (Fsp3) is 0.125. The van der Waals surface area contributed by atoms with Crippen LogP contribution in [0.15, 0.2) is 54.1 Å². The SMILES string of the molecule is CC(=O)c1ccc(C2=CC=C(C=O)CC=C2)cc1. The summed E-state index contributed by atoms with van der Waals surface area (Å²) in [4.78, 5) is 21.9. The van der Waals surface area contributed by atoms with Gasteiger partial charge in [-0.25, -0.2) is 0 Å². The third kappa shape index (κ3) is 2.72. The van der Waals surface area contributed by atoms with E-state index in [1.807, 2.05) is 48.6 Å². The van der Waals surface area contributed by atoms with Crippen molar-refractivity contribution in [2.24, 2.45) is 0 Å². The molecule has 0 atom stereocenters. The molecule has 0 heterocycles. The normalized spacial score (nSPS) is 14.5. The maximum Gasteiger partial charge on any atom is 0.159 e. The van der Waals surface area contributed by atoms with Crippen LogP contribution in [0.25, 0.3) is 5.57 Å². The third-order valence-electron chi connectivity index (χ3n) is 2.90. The largest absolute Gasteiger partial charge is 0.298 e. The van der Waals surface area contributed by atoms with Crippen molar-refractivity contribution in [2.75, 3.05) is 0 Å². The van der Waals surface area contributed by atoms with E-state index in [2.05, 4.69) is 0 Å². The summed E-state index contributed by atoms with van der Waals surface area (Å²) in [5, 5.41) is 0. The highest BCUT2D eigenvalue weighted by Crippen LogP contribution is 2.20. The van der Waals surface area contributed by atoms with Crippen LogP contribution in [0, 0.1) is 0 Å². The van der Waals surface area contributed by atoms with Crippen LogP contribution < -0.4 is 0 Å². The van der Waals surface area contributed by atoms with Crippen LogP contribution in [0.4, 0.5) is 0 Å². The van der Waals surface area contributed by atoms with Gasteiger partial charge in [0.1, 0.15) is 6.29 Å². The summed E-state index contributed by atoms with van der Waals surface area (Å²) in [5.74, 6) is 0.0649. The van der Waals surface area contributed by atoms with Gasteiger partial charge in [0.25, 0.3) is 0 Å². The molecule has 0 N–H and O–H groups in total. The first-order valence-electron chi connectivity index (χ1n) is 5.84. The van der Waals surface area contributed by atoms with E-state index in [1.54, 1.807) is 6.92 Å². The fourth-order valence-corrected chi connectivity index (χ4v) is 1.82. The highest BCUT2D eigenvalue weighted by atomic mass is 16.1. The lowest BCUT2D eigenvalue weighted by Crippen LogP contribution is -1.91. The van der Waals surface area contributed by atoms with Gasteiger partial charge < -0.3 is 0 Å². The number of hydrogen-bond acceptors (Lipinski definition) is 2. The zero-order valence-electron chi connectivity index (χ0n) is 10.2. The van der Waals surface area contributed by atoms with Crippen molar-refractivity contribution < 1.29 is 9.59 Å². The first-order valence-corrected chi connectivity index (χ1v) is 5.84. The second-order valence-corrected chi connectivity index (χ2v) is 4.22. The van der Waals surface area contributed by atoms with Gasteiger partial charge in [0.05, 0.1) is 0 Å². The molecule has 0 aliphatic heterocycles. The Morgan fingerprint density at radius 2 is 1.89 bits per heavy atom. The Morgan fingerprint density at radius 3 is 2.50 bits per heavy atom. The fourth-order valence-electron chi connectivity index (χ4n) is 1.82. The van der Waals surface area contributed by atoms with Gasteiger partial charge in [0.15, 0.2) is 5.78 Å². The van der Waals surface area contributed by atoms with Crippen LogP contribution in [-0.2, 0) is 4.79 Å². The highest BCUT2D eigenvalue weighted by molar-refractivity contribution is 5.94. The molecule has 0 amide bonds. The van der Waals surface area contributed by atoms with Gasteiger partial charge in [-0.1, -0.05) is 48.6 Å². The molecule has 0 saturated heterocycles. The van der Waals surface area contributed by atoms with Crippen LogP contribution in [0.5, 0.6) is 0 Å². The molecular weight excluding hydrogens is 224 g/mol. The molecule has 1 aromatic rings. The van der Waals surface area contributed by atoms with Crippen LogP contribution in [0.2, 0.25) is 0 Å². The number of carbonyl (C=O) groups is 2. The number of rotatable bonds is 3. The maximum atomic E-state index is 11.2. The van der Waals surface area contributed by atoms with Gasteiger partial charge in [-0.15, -0.1) is 0 Å². The lowest BCUT2D eigenvalue weighted by Gasteiger charge is -2.02. The summed E-state index contributed by atoms with van der Waals surface area (Å²) >= 11 is 0. The van der Waals surface area contributed by atoms with Crippen LogP contribution in [0.1, 0.15) is 29.3 Å². The molecule has 0 saturated carbocycles. The number of hydrogen-bond donors (Lipinski definition) is 0. The van der Waals surface area contributed by atoms with Gasteiger partial charge in [-0.05, 0) is 30.1 Å². The molecule has 0 radical (unpaired) electrons. The molecule has 1 aromatic carbocycles. The summed E-state index contributed by atoms with van der Waals surface area (Å²) in [5.41, 5.74) is 3.56. The quantitative estimate of drug-likeness (QED) is 0.597. The molecule has 0 bridgehead atoms. The first-order chi connectivity index (χ1) is 8.70. The molecule has 2 heteroatoms. The van der Waals surface area contributed by atoms with Gasteiger partial charge in [0, 0.05) is 5.56 Å². The van der Waals surface area contributed by atoms with Gasteiger partial charge >= 0.3 is 0 Å². The summed E-state index contributed by atoms with van der Waals surface area (Å²) in [6, 6.07) is 7.49. The van der Waals surface area contributed by atoms with E-state index in [4.69, 9.17) is 0 Å². The van der Waals surface area contributed by atoms with E-state index in [9.17, 15) is 9.59 Å². The Balaban J connectivity index is 2.31. The second-order valence-electron chi connectivity index (χ2n) is 4.22. The van der Waals surface area contributed by atoms with Crippen molar-refractivity contribution in [3.05, 3.63) is 65.3 Å². The number of aldehydes is 1. The Bertz CT molecular complexity index is 557. The van der Waals surface area contributed by atoms with Gasteiger partial charge in [-0.3, -0.25) is 9.59 Å². The number of carbonyl (C=O) groups excluding carboxylic acids is 2. The smallest absolute Gasteiger partial charge is 0.159 e. The number of benzene rings is 1. The first kappa shape index (κ1) is 12.2. The van der Waals surface area contributed by atoms with Gasteiger partial charge in [-0.2, -0.15) is 0 Å². The molecule has 0 spiro atoms. The third-order valence-corrected chi connectivity index (χ3v) is 2.90. The molecule has 2 rings (SSSR count). The minimum atomic E-state index is 0.0649. The number of ketones is 1. The van der Waals surface area contributed by atoms with Gasteiger partial charge in [0.2, 0.25) is 0 Å². The van der Waals surface area contributed by atoms with E-state index < -0.39 is 0 Å². The van der Waals surface area contributed by atoms with E-state index in [0.717, 1.165) is 23.0 Å². The highest BCUT2D eigenvalue weighted by Gasteiger charge is 2.03. The zero-order valence-corrected chi connectivity index (χ0v) is 10.2. The Morgan fingerprint density at radius 1 is 1.17 bits per heavy atom. The van der Waals surface area contributed by atoms with Crippen molar-refractivity contribution in [3.63, 3.8) is 0 Å². The summed E-state index contributed by atoms with van der Waals surface area (Å²) in [6.07, 6.45) is 9.27. The molecule has 0 aromatic heterocycles. The van der Waals surface area contributed by atoms with Crippen LogP contribution >= 0.6 is 0 Å². The minimum Gasteiger partial charge on any atom is -0.298 e. The topological polar surface area (TPSA) is 34.1 Å². The van der Waals surface area contributed by atoms with E-state index in [-0.39, 0.29) is 5.78 Å². The van der Waals surface area contributed by atoms with E-state index in [1.165, 1.54) is 0 Å². The van der Waals surface area contributed by atoms with Crippen LogP contribution in [0.3, 0.4) is 0 Å². The van der Waals surface area contributed by atoms with Crippen molar-refractivity contribution >= 4 is 17.6 Å². The Labute approximate surface area is 106 Å². The molecule has 90 valence electrons. The molecule has 18 heavy (non-hydrogen) atoms. The molecule has 0 fully saturated rings. The predicted octanol–water partition coefficient (Wildman–Crippen LogP) is 3.36. The van der Waals surface area contributed by atoms with E-state index in [0.29, 0.717) is 12.0 Å². The summed E-state index contributed by atoms with van der Waals surface area (Å²) < 4.78 is 0. The molecule has 1 aliphatic rings. The molecular formula is C16H14O2. The standard InChI is InChI=1S/C16H14O2/c1-12(18)14-7-9-16(10-8-14)15-4-2-3-13(11-17)5-6-15/h2,4-11H,3H2,1H3. The number of allylic oxidation sites excluding steroid dienone is 6. The molecule has 0 unspecified atom stereocenters. The van der Waals surface area contributed by atoms with Crippen molar-refractivity contribution in [3.8, 4) is 0 Å². The lowest BCUT2D eigenvalue weighted by molar-refractivity contribution is -0.105. The van der Waals surface area contributed by atoms with Crippen molar-refractivity contribution in [2.45, 2.75) is 13.3 Å². The average molecular weight is 238 g/mol. The Hall–Kier alpha value is -2.22. The monoisotopic (exact) mass is 238 g/mol. The van der Waals surface area contributed by atoms with E-state index >= 15 is 0 Å². The van der Waals surface area contributed by atoms with Crippen molar-refractivity contribution in [1.82, 2.24) is 0 Å². The zero-order chi connectivity index (χ0) is 13.0. The summed E-state index contributed by atoms with van der Waals surface area (Å²) in [7, 11) is 0. The minimum absolute atomic E-state index is 0.0649. The maximum absolute atomic E-state index is 11.2. The second kappa shape index (κ2) is 5.41. The van der Waals surface area contributed by atoms with Crippen molar-refractivity contribution in [1.29, 1.82) is 0 Å². The molecule has 1 aliphatic carbocycles. The lowest BCUT2D eigenvalue weighted by atomic mass is 10.0. The molecule has 2 nitrogen and oxygen atoms in total. The predicted molar refractivity (Wildman–Crippen MR) is 72.3 cm³/mol.